The Morgan fingerprint density at radius 3 is 2.16 bits per heavy atom. The molecule has 31 heavy (non-hydrogen) atoms. The van der Waals surface area contributed by atoms with Crippen LogP contribution in [0.5, 0.6) is 0 Å². The fourth-order valence-corrected chi connectivity index (χ4v) is 4.00. The minimum atomic E-state index is -0.987. The molecule has 1 aliphatic carbocycles. The van der Waals surface area contributed by atoms with Crippen LogP contribution in [0.1, 0.15) is 37.3 Å². The second-order valence-electron chi connectivity index (χ2n) is 7.75. The van der Waals surface area contributed by atoms with E-state index in [1.54, 1.807) is 6.92 Å². The van der Waals surface area contributed by atoms with Crippen LogP contribution in [0.25, 0.3) is 11.1 Å². The Labute approximate surface area is 182 Å². The Balaban J connectivity index is 1.69. The van der Waals surface area contributed by atoms with Gasteiger partial charge in [-0.05, 0) is 35.1 Å². The first-order valence-corrected chi connectivity index (χ1v) is 10.3. The van der Waals surface area contributed by atoms with E-state index >= 15 is 0 Å². The number of rotatable bonds is 9. The van der Waals surface area contributed by atoms with Crippen molar-refractivity contribution in [3.8, 4) is 11.1 Å². The van der Waals surface area contributed by atoms with Crippen LogP contribution in [-0.4, -0.2) is 37.1 Å². The van der Waals surface area contributed by atoms with Crippen molar-refractivity contribution in [3.63, 3.8) is 0 Å². The highest BCUT2D eigenvalue weighted by atomic mass is 16.6. The van der Waals surface area contributed by atoms with E-state index in [1.165, 1.54) is 13.0 Å². The van der Waals surface area contributed by atoms with Crippen molar-refractivity contribution in [2.24, 2.45) is 5.92 Å². The molecule has 0 saturated carbocycles. The predicted octanol–water partition coefficient (Wildman–Crippen LogP) is 4.24. The summed E-state index contributed by atoms with van der Waals surface area (Å²) in [5, 5.41) is 2.58. The quantitative estimate of drug-likeness (QED) is 0.484. The molecule has 0 bridgehead atoms. The van der Waals surface area contributed by atoms with E-state index in [1.807, 2.05) is 36.4 Å². The molecule has 0 fully saturated rings. The van der Waals surface area contributed by atoms with Gasteiger partial charge >= 0.3 is 12.1 Å². The Morgan fingerprint density at radius 1 is 1.03 bits per heavy atom. The zero-order chi connectivity index (χ0) is 22.4. The van der Waals surface area contributed by atoms with Gasteiger partial charge in [0.1, 0.15) is 25.0 Å². The lowest BCUT2D eigenvalue weighted by molar-refractivity contribution is -0.146. The first-order valence-electron chi connectivity index (χ1n) is 10.3. The van der Waals surface area contributed by atoms with Gasteiger partial charge in [0.05, 0.1) is 0 Å². The SMILES string of the molecule is C=CCOC(=O)C(NC(=O)OCC1c2ccccc2-c2ccccc21)C(C)CC(C)=O. The summed E-state index contributed by atoms with van der Waals surface area (Å²) in [6, 6.07) is 15.1. The summed E-state index contributed by atoms with van der Waals surface area (Å²) in [7, 11) is 0. The van der Waals surface area contributed by atoms with Crippen molar-refractivity contribution >= 4 is 17.8 Å². The van der Waals surface area contributed by atoms with Crippen molar-refractivity contribution in [2.45, 2.75) is 32.2 Å². The Morgan fingerprint density at radius 2 is 1.61 bits per heavy atom. The molecule has 3 rings (SSSR count). The number of carbonyl (C=O) groups excluding carboxylic acids is 3. The highest BCUT2D eigenvalue weighted by Gasteiger charge is 2.32. The normalized spacial score (nSPS) is 14.0. The zero-order valence-electron chi connectivity index (χ0n) is 17.8. The third kappa shape index (κ3) is 5.20. The Kier molecular flexibility index (Phi) is 7.23. The monoisotopic (exact) mass is 421 g/mol. The van der Waals surface area contributed by atoms with Gasteiger partial charge in [0.2, 0.25) is 0 Å². The lowest BCUT2D eigenvalue weighted by Gasteiger charge is -2.23. The number of hydrogen-bond acceptors (Lipinski definition) is 5. The van der Waals surface area contributed by atoms with E-state index in [4.69, 9.17) is 9.47 Å². The fourth-order valence-electron chi connectivity index (χ4n) is 4.00. The van der Waals surface area contributed by atoms with Gasteiger partial charge in [-0.15, -0.1) is 0 Å². The molecule has 2 unspecified atom stereocenters. The van der Waals surface area contributed by atoms with E-state index in [0.29, 0.717) is 0 Å². The number of fused-ring (bicyclic) bond motifs is 3. The van der Waals surface area contributed by atoms with Crippen LogP contribution in [0.4, 0.5) is 4.79 Å². The predicted molar refractivity (Wildman–Crippen MR) is 118 cm³/mol. The van der Waals surface area contributed by atoms with Crippen molar-refractivity contribution in [1.82, 2.24) is 5.32 Å². The summed E-state index contributed by atoms with van der Waals surface area (Å²) in [4.78, 5) is 36.5. The molecule has 1 N–H and O–H groups in total. The minimum Gasteiger partial charge on any atom is -0.460 e. The number of ketones is 1. The third-order valence-electron chi connectivity index (χ3n) is 5.39. The van der Waals surface area contributed by atoms with Crippen LogP contribution in [0, 0.1) is 5.92 Å². The molecule has 0 saturated heterocycles. The molecule has 162 valence electrons. The van der Waals surface area contributed by atoms with Gasteiger partial charge in [-0.2, -0.15) is 0 Å². The lowest BCUT2D eigenvalue weighted by atomic mass is 9.96. The van der Waals surface area contributed by atoms with Crippen LogP contribution >= 0.6 is 0 Å². The summed E-state index contributed by atoms with van der Waals surface area (Å²) in [6.45, 7) is 6.82. The molecule has 6 nitrogen and oxygen atoms in total. The number of esters is 1. The lowest BCUT2D eigenvalue weighted by Crippen LogP contribution is -2.47. The number of Topliss-reactive ketones (excluding diaryl/α,β-unsaturated/α-hetero) is 1. The maximum atomic E-state index is 12.6. The summed E-state index contributed by atoms with van der Waals surface area (Å²) in [6.07, 6.45) is 0.855. The Hall–Kier alpha value is -3.41. The molecule has 2 aromatic rings. The number of hydrogen-bond donors (Lipinski definition) is 1. The van der Waals surface area contributed by atoms with Gasteiger partial charge in [0, 0.05) is 12.3 Å². The second-order valence-corrected chi connectivity index (χ2v) is 7.75. The molecular formula is C25H27NO5. The highest BCUT2D eigenvalue weighted by molar-refractivity contribution is 5.84. The van der Waals surface area contributed by atoms with Crippen LogP contribution in [-0.2, 0) is 19.1 Å². The van der Waals surface area contributed by atoms with E-state index in [-0.39, 0.29) is 31.3 Å². The molecule has 0 radical (unpaired) electrons. The summed E-state index contributed by atoms with van der Waals surface area (Å²) in [5.74, 6) is -1.22. The van der Waals surface area contributed by atoms with Crippen molar-refractivity contribution in [2.75, 3.05) is 13.2 Å². The number of carbonyl (C=O) groups is 3. The molecule has 0 aromatic heterocycles. The molecule has 0 heterocycles. The number of benzene rings is 2. The van der Waals surface area contributed by atoms with E-state index in [9.17, 15) is 14.4 Å². The van der Waals surface area contributed by atoms with Gasteiger partial charge in [0.15, 0.2) is 0 Å². The van der Waals surface area contributed by atoms with E-state index in [2.05, 4.69) is 24.0 Å². The average Bonchev–Trinajstić information content (AvgIpc) is 3.07. The van der Waals surface area contributed by atoms with Crippen molar-refractivity contribution in [1.29, 1.82) is 0 Å². The molecule has 2 aromatic carbocycles. The molecule has 0 aliphatic heterocycles. The second kappa shape index (κ2) is 10.1. The first-order chi connectivity index (χ1) is 14.9. The molecule has 1 aliphatic rings. The molecular weight excluding hydrogens is 394 g/mol. The van der Waals surface area contributed by atoms with Crippen LogP contribution < -0.4 is 5.32 Å². The smallest absolute Gasteiger partial charge is 0.407 e. The number of ether oxygens (including phenoxy) is 2. The van der Waals surface area contributed by atoms with E-state index in [0.717, 1.165) is 22.3 Å². The average molecular weight is 421 g/mol. The largest absolute Gasteiger partial charge is 0.460 e. The number of nitrogens with one attached hydrogen (secondary N) is 1. The zero-order valence-corrected chi connectivity index (χ0v) is 17.8. The highest BCUT2D eigenvalue weighted by Crippen LogP contribution is 2.44. The van der Waals surface area contributed by atoms with Gasteiger partial charge in [-0.25, -0.2) is 9.59 Å². The standard InChI is InChI=1S/C25H27NO5/c1-4-13-30-24(28)23(16(2)14-17(3)27)26-25(29)31-15-22-20-11-7-5-9-18(20)19-10-6-8-12-21(19)22/h4-12,16,22-23H,1,13-15H2,2-3H3,(H,26,29). The number of alkyl carbamates (subject to hydrolysis) is 1. The minimum absolute atomic E-state index is 0.0223. The molecule has 6 heteroatoms. The van der Waals surface area contributed by atoms with Gasteiger partial charge in [0.25, 0.3) is 0 Å². The third-order valence-corrected chi connectivity index (χ3v) is 5.39. The molecule has 2 atom stereocenters. The first kappa shape index (κ1) is 22.3. The van der Waals surface area contributed by atoms with Gasteiger partial charge in [-0.3, -0.25) is 0 Å². The van der Waals surface area contributed by atoms with Crippen LogP contribution in [0.15, 0.2) is 61.2 Å². The maximum Gasteiger partial charge on any atom is 0.407 e. The summed E-state index contributed by atoms with van der Waals surface area (Å²) < 4.78 is 10.6. The van der Waals surface area contributed by atoms with Gasteiger partial charge < -0.3 is 19.6 Å². The van der Waals surface area contributed by atoms with Crippen molar-refractivity contribution in [3.05, 3.63) is 72.3 Å². The van der Waals surface area contributed by atoms with Crippen LogP contribution in [0.2, 0.25) is 0 Å². The summed E-state index contributed by atoms with van der Waals surface area (Å²) in [5.41, 5.74) is 4.47. The van der Waals surface area contributed by atoms with Gasteiger partial charge in [-0.1, -0.05) is 68.1 Å². The van der Waals surface area contributed by atoms with Crippen LogP contribution in [0.3, 0.4) is 0 Å². The maximum absolute atomic E-state index is 12.6. The van der Waals surface area contributed by atoms with Crippen molar-refractivity contribution < 1.29 is 23.9 Å². The number of amides is 1. The van der Waals surface area contributed by atoms with E-state index < -0.39 is 24.0 Å². The molecule has 1 amide bonds. The molecule has 0 spiro atoms. The Bertz CT molecular complexity index is 938. The topological polar surface area (TPSA) is 81.7 Å². The summed E-state index contributed by atoms with van der Waals surface area (Å²) >= 11 is 0. The fraction of sp³-hybridized carbons (Fsp3) is 0.320.